The van der Waals surface area contributed by atoms with Crippen LogP contribution in [0.1, 0.15) is 59.7 Å². The number of nitrogens with one attached hydrogen (secondary N) is 1. The first kappa shape index (κ1) is 26.5. The predicted molar refractivity (Wildman–Crippen MR) is 155 cm³/mol. The van der Waals surface area contributed by atoms with E-state index in [9.17, 15) is 14.4 Å². The van der Waals surface area contributed by atoms with Gasteiger partial charge in [0.15, 0.2) is 5.65 Å². The Labute approximate surface area is 246 Å². The Hall–Kier alpha value is -4.39. The Bertz CT molecular complexity index is 1770. The number of rotatable bonds is 8. The number of likely N-dealkylation sites (N-methyl/N-ethyl adjacent to an activating group) is 1. The number of hydrogen-bond acceptors (Lipinski definition) is 9. The molecule has 4 amide bonds. The minimum absolute atomic E-state index is 0.00435. The van der Waals surface area contributed by atoms with E-state index in [0.717, 1.165) is 34.7 Å². The van der Waals surface area contributed by atoms with Crippen LogP contribution in [0.4, 0.5) is 16.3 Å². The van der Waals surface area contributed by atoms with Gasteiger partial charge in [-0.3, -0.25) is 19.4 Å². The van der Waals surface area contributed by atoms with Crippen molar-refractivity contribution in [2.45, 2.75) is 55.7 Å². The summed E-state index contributed by atoms with van der Waals surface area (Å²) in [6.07, 6.45) is 8.70. The quantitative estimate of drug-likeness (QED) is 0.186. The molecule has 1 aliphatic heterocycles. The lowest BCUT2D eigenvalue weighted by Gasteiger charge is -2.17. The van der Waals surface area contributed by atoms with Gasteiger partial charge in [-0.05, 0) is 56.7 Å². The van der Waals surface area contributed by atoms with Gasteiger partial charge in [0.2, 0.25) is 11.8 Å². The lowest BCUT2D eigenvalue weighted by Crippen LogP contribution is -2.30. The fourth-order valence-corrected chi connectivity index (χ4v) is 6.13. The molecule has 7 rings (SSSR count). The van der Waals surface area contributed by atoms with Crippen LogP contribution >= 0.6 is 11.8 Å². The van der Waals surface area contributed by atoms with Gasteiger partial charge in [0.05, 0.1) is 11.4 Å². The lowest BCUT2D eigenvalue weighted by atomic mass is 10.1. The number of amides is 4. The molecule has 42 heavy (non-hydrogen) atoms. The van der Waals surface area contributed by atoms with Crippen LogP contribution in [-0.2, 0) is 15.3 Å². The maximum Gasteiger partial charge on any atom is 0.331 e. The number of fused-ring (bicyclic) bond motifs is 1. The molecule has 2 aliphatic carbocycles. The van der Waals surface area contributed by atoms with Crippen LogP contribution in [0.25, 0.3) is 5.65 Å². The zero-order valence-corrected chi connectivity index (χ0v) is 24.3. The second-order valence-electron chi connectivity index (χ2n) is 11.1. The standard InChI is InChI=1S/C29H29N9O3S/c1-15-6-7-30-26(31-15)20-9-21(20)28(40)35-23-10-24(33-16(2)32-23)42-14-19-12-37-11-18(17-4-5-17)8-22(27(37)34-19)38-13-25(39)36(3)29(38)41/h6-8,10-12,17,20-21H,4-5,9,13-14H2,1-3H3,(H,32,33,35,40). The fourth-order valence-electron chi connectivity index (χ4n) is 5.31. The smallest absolute Gasteiger partial charge is 0.310 e. The number of carbonyl (C=O) groups is 3. The van der Waals surface area contributed by atoms with Gasteiger partial charge in [0.25, 0.3) is 0 Å². The zero-order chi connectivity index (χ0) is 29.1. The Morgan fingerprint density at radius 3 is 2.67 bits per heavy atom. The number of hydrogen-bond donors (Lipinski definition) is 1. The molecule has 4 aromatic rings. The van der Waals surface area contributed by atoms with E-state index in [2.05, 4.69) is 31.4 Å². The third-order valence-electron chi connectivity index (χ3n) is 7.83. The molecule has 2 unspecified atom stereocenters. The summed E-state index contributed by atoms with van der Waals surface area (Å²) >= 11 is 1.49. The molecule has 12 nitrogen and oxygen atoms in total. The van der Waals surface area contributed by atoms with Gasteiger partial charge in [-0.1, -0.05) is 11.8 Å². The molecule has 0 radical (unpaired) electrons. The molecule has 214 valence electrons. The molecule has 2 saturated carbocycles. The molecule has 1 saturated heterocycles. The van der Waals surface area contributed by atoms with E-state index in [1.807, 2.05) is 29.7 Å². The summed E-state index contributed by atoms with van der Waals surface area (Å²) in [6.45, 7) is 3.71. The van der Waals surface area contributed by atoms with Gasteiger partial charge in [-0.15, -0.1) is 0 Å². The van der Waals surface area contributed by atoms with Gasteiger partial charge in [0.1, 0.15) is 29.0 Å². The Morgan fingerprint density at radius 1 is 1.10 bits per heavy atom. The highest BCUT2D eigenvalue weighted by molar-refractivity contribution is 7.98. The monoisotopic (exact) mass is 583 g/mol. The van der Waals surface area contributed by atoms with Crippen molar-refractivity contribution in [3.63, 3.8) is 0 Å². The maximum absolute atomic E-state index is 12.9. The molecular formula is C29H29N9O3S. The molecule has 0 bridgehead atoms. The summed E-state index contributed by atoms with van der Waals surface area (Å²) in [5, 5.41) is 3.66. The zero-order valence-electron chi connectivity index (χ0n) is 23.4. The molecule has 0 spiro atoms. The minimum Gasteiger partial charge on any atom is -0.310 e. The van der Waals surface area contributed by atoms with Crippen LogP contribution in [0.5, 0.6) is 0 Å². The van der Waals surface area contributed by atoms with Crippen molar-refractivity contribution in [3.05, 3.63) is 65.4 Å². The summed E-state index contributed by atoms with van der Waals surface area (Å²) < 4.78 is 1.95. The molecular weight excluding hydrogens is 554 g/mol. The summed E-state index contributed by atoms with van der Waals surface area (Å²) in [7, 11) is 1.50. The van der Waals surface area contributed by atoms with Crippen LogP contribution < -0.4 is 10.2 Å². The molecule has 1 N–H and O–H groups in total. The van der Waals surface area contributed by atoms with Crippen molar-refractivity contribution in [2.75, 3.05) is 23.8 Å². The molecule has 3 aliphatic rings. The van der Waals surface area contributed by atoms with E-state index in [1.165, 1.54) is 23.7 Å². The van der Waals surface area contributed by atoms with E-state index < -0.39 is 0 Å². The fraction of sp³-hybridized carbons (Fsp3) is 0.379. The van der Waals surface area contributed by atoms with Gasteiger partial charge in [-0.25, -0.2) is 29.7 Å². The van der Waals surface area contributed by atoms with Crippen molar-refractivity contribution in [1.82, 2.24) is 34.2 Å². The number of carbonyl (C=O) groups excluding carboxylic acids is 3. The van der Waals surface area contributed by atoms with Crippen LogP contribution in [0.3, 0.4) is 0 Å². The third-order valence-corrected chi connectivity index (χ3v) is 8.78. The van der Waals surface area contributed by atoms with Crippen molar-refractivity contribution >= 4 is 46.8 Å². The predicted octanol–water partition coefficient (Wildman–Crippen LogP) is 3.84. The van der Waals surface area contributed by atoms with Gasteiger partial charge >= 0.3 is 6.03 Å². The van der Waals surface area contributed by atoms with Gasteiger partial charge < -0.3 is 9.72 Å². The summed E-state index contributed by atoms with van der Waals surface area (Å²) in [6, 6.07) is 5.27. The number of urea groups is 1. The van der Waals surface area contributed by atoms with Gasteiger partial charge in [-0.2, -0.15) is 0 Å². The Kier molecular flexibility index (Phi) is 6.41. The number of imide groups is 1. The molecule has 0 aromatic carbocycles. The lowest BCUT2D eigenvalue weighted by molar-refractivity contribution is -0.124. The normalized spacial score (nSPS) is 20.1. The van der Waals surface area contributed by atoms with Crippen LogP contribution in [0.15, 0.2) is 41.8 Å². The second-order valence-corrected chi connectivity index (χ2v) is 12.1. The van der Waals surface area contributed by atoms with Crippen molar-refractivity contribution in [3.8, 4) is 0 Å². The Morgan fingerprint density at radius 2 is 1.93 bits per heavy atom. The largest absolute Gasteiger partial charge is 0.331 e. The van der Waals surface area contributed by atoms with Gasteiger partial charge in [0, 0.05) is 55.0 Å². The number of aromatic nitrogens is 6. The molecule has 3 fully saturated rings. The SMILES string of the molecule is Cc1ccnc(C2CC2C(=O)Nc2cc(SCc3cn4cc(C5CC5)cc(N5CC(=O)N(C)C5=O)c4n3)nc(C)n2)n1. The van der Waals surface area contributed by atoms with Crippen LogP contribution in [-0.4, -0.2) is 65.7 Å². The van der Waals surface area contributed by atoms with E-state index in [0.29, 0.717) is 51.9 Å². The van der Waals surface area contributed by atoms with E-state index in [-0.39, 0.29) is 36.2 Å². The number of nitrogens with zero attached hydrogens (tertiary/aromatic N) is 8. The second kappa shape index (κ2) is 10.2. The highest BCUT2D eigenvalue weighted by atomic mass is 32.2. The van der Waals surface area contributed by atoms with Crippen LogP contribution in [0.2, 0.25) is 0 Å². The van der Waals surface area contributed by atoms with E-state index in [4.69, 9.17) is 4.98 Å². The number of pyridine rings is 1. The number of aryl methyl sites for hydroxylation is 2. The highest BCUT2D eigenvalue weighted by Crippen LogP contribution is 2.46. The first-order valence-electron chi connectivity index (χ1n) is 13.9. The van der Waals surface area contributed by atoms with E-state index in [1.54, 1.807) is 19.2 Å². The van der Waals surface area contributed by atoms with Crippen molar-refractivity contribution < 1.29 is 14.4 Å². The summed E-state index contributed by atoms with van der Waals surface area (Å²) in [4.78, 5) is 63.2. The average Bonchev–Trinajstić information content (AvgIpc) is 3.88. The first-order valence-corrected chi connectivity index (χ1v) is 14.9. The topological polar surface area (TPSA) is 139 Å². The highest BCUT2D eigenvalue weighted by Gasteiger charge is 2.46. The Balaban J connectivity index is 1.07. The molecule has 5 heterocycles. The van der Waals surface area contributed by atoms with Crippen LogP contribution in [0, 0.1) is 19.8 Å². The summed E-state index contributed by atoms with van der Waals surface area (Å²) in [5.74, 6) is 2.21. The average molecular weight is 584 g/mol. The molecule has 13 heteroatoms. The number of thioether (sulfide) groups is 1. The third kappa shape index (κ3) is 5.08. The number of imidazole rings is 1. The minimum atomic E-state index is -0.344. The van der Waals surface area contributed by atoms with E-state index >= 15 is 0 Å². The van der Waals surface area contributed by atoms with Crippen molar-refractivity contribution in [1.29, 1.82) is 0 Å². The summed E-state index contributed by atoms with van der Waals surface area (Å²) in [5.41, 5.74) is 4.12. The number of anilines is 2. The first-order chi connectivity index (χ1) is 20.2. The molecule has 2 atom stereocenters. The van der Waals surface area contributed by atoms with Crippen molar-refractivity contribution in [2.24, 2.45) is 5.92 Å². The maximum atomic E-state index is 12.9. The molecule has 4 aromatic heterocycles.